The summed E-state index contributed by atoms with van der Waals surface area (Å²) in [5.74, 6) is 0.656. The molecule has 2 atom stereocenters. The lowest BCUT2D eigenvalue weighted by atomic mass is 9.84. The Morgan fingerprint density at radius 1 is 1.23 bits per heavy atom. The van der Waals surface area contributed by atoms with E-state index in [0.29, 0.717) is 17.9 Å². The maximum atomic E-state index is 12.9. The monoisotopic (exact) mass is 381 g/mol. The molecule has 144 valence electrons. The van der Waals surface area contributed by atoms with Crippen LogP contribution in [0.5, 0.6) is 0 Å². The van der Waals surface area contributed by atoms with Crippen molar-refractivity contribution in [2.45, 2.75) is 56.7 Å². The van der Waals surface area contributed by atoms with Gasteiger partial charge in [0.1, 0.15) is 5.56 Å². The molecule has 26 heavy (non-hydrogen) atoms. The number of aromatic nitrogens is 1. The van der Waals surface area contributed by atoms with Crippen LogP contribution < -0.4 is 16.2 Å². The van der Waals surface area contributed by atoms with Crippen molar-refractivity contribution in [3.8, 4) is 0 Å². The summed E-state index contributed by atoms with van der Waals surface area (Å²) in [6.45, 7) is 2.60. The van der Waals surface area contributed by atoms with Gasteiger partial charge < -0.3 is 19.9 Å². The highest BCUT2D eigenvalue weighted by molar-refractivity contribution is 5.94. The fourth-order valence-electron chi connectivity index (χ4n) is 4.67. The molecular weight excluding hydrogens is 354 g/mol. The van der Waals surface area contributed by atoms with Gasteiger partial charge in [-0.25, -0.2) is 0 Å². The maximum absolute atomic E-state index is 12.9. The second-order valence-electron chi connectivity index (χ2n) is 7.73. The van der Waals surface area contributed by atoms with Crippen LogP contribution in [0.3, 0.4) is 0 Å². The van der Waals surface area contributed by atoms with E-state index in [1.165, 1.54) is 0 Å². The smallest absolute Gasteiger partial charge is 0.263 e. The van der Waals surface area contributed by atoms with E-state index >= 15 is 0 Å². The Morgan fingerprint density at radius 3 is 2.73 bits per heavy atom. The number of hydrogen-bond donors (Lipinski definition) is 2. The van der Waals surface area contributed by atoms with Crippen LogP contribution in [0.25, 0.3) is 0 Å². The average Bonchev–Trinajstić information content (AvgIpc) is 2.63. The molecule has 0 radical (unpaired) electrons. The zero-order chi connectivity index (χ0) is 17.4. The number of hydrogen-bond acceptors (Lipinski definition) is 4. The van der Waals surface area contributed by atoms with Gasteiger partial charge in [0.15, 0.2) is 0 Å². The highest BCUT2D eigenvalue weighted by Gasteiger charge is 2.32. The quantitative estimate of drug-likeness (QED) is 0.835. The number of amides is 1. The summed E-state index contributed by atoms with van der Waals surface area (Å²) in [6, 6.07) is 3.84. The lowest BCUT2D eigenvalue weighted by molar-refractivity contribution is 0.0599. The lowest BCUT2D eigenvalue weighted by Crippen LogP contribution is -2.47. The van der Waals surface area contributed by atoms with Crippen LogP contribution in [0, 0.1) is 5.92 Å². The number of rotatable bonds is 3. The van der Waals surface area contributed by atoms with Crippen LogP contribution in [0.4, 0.5) is 0 Å². The second-order valence-corrected chi connectivity index (χ2v) is 7.73. The summed E-state index contributed by atoms with van der Waals surface area (Å²) in [4.78, 5) is 25.5. The van der Waals surface area contributed by atoms with Gasteiger partial charge >= 0.3 is 0 Å². The largest absolute Gasteiger partial charge is 0.381 e. The van der Waals surface area contributed by atoms with E-state index < -0.39 is 0 Å². The molecule has 0 spiro atoms. The highest BCUT2D eigenvalue weighted by atomic mass is 35.5. The molecule has 7 heteroatoms. The third-order valence-electron chi connectivity index (χ3n) is 6.10. The van der Waals surface area contributed by atoms with Crippen molar-refractivity contribution in [3.05, 3.63) is 33.7 Å². The standard InChI is InChI=1S/C19H27N3O3.ClH/c1-25-15-4-2-14(3-5-15)21-18(23)16-6-7-17-13-8-12(9-20-10-13)11-22(17)19(16)24;/h6-7,12-15,20H,2-5,8-11H2,1H3,(H,21,23);1H/t12-,13+,14?,15?;/m0./s1. The molecule has 0 unspecified atom stereocenters. The lowest BCUT2D eigenvalue weighted by Gasteiger charge is -2.37. The third kappa shape index (κ3) is 3.68. The Morgan fingerprint density at radius 2 is 2.00 bits per heavy atom. The number of fused-ring (bicyclic) bond motifs is 4. The first-order valence-electron chi connectivity index (χ1n) is 9.44. The molecule has 3 aliphatic rings. The molecule has 1 aromatic heterocycles. The molecule has 3 heterocycles. The van der Waals surface area contributed by atoms with Gasteiger partial charge in [0.25, 0.3) is 11.5 Å². The fraction of sp³-hybridized carbons (Fsp3) is 0.684. The average molecular weight is 382 g/mol. The minimum Gasteiger partial charge on any atom is -0.381 e. The highest BCUT2D eigenvalue weighted by Crippen LogP contribution is 2.31. The molecule has 2 N–H and O–H groups in total. The third-order valence-corrected chi connectivity index (χ3v) is 6.10. The molecule has 4 rings (SSSR count). The van der Waals surface area contributed by atoms with Gasteiger partial charge in [0, 0.05) is 37.9 Å². The number of methoxy groups -OCH3 is 1. The number of halogens is 1. The molecule has 2 fully saturated rings. The molecule has 1 aliphatic carbocycles. The molecule has 1 saturated carbocycles. The Balaban J connectivity index is 0.00000196. The second kappa shape index (κ2) is 8.11. The van der Waals surface area contributed by atoms with Gasteiger partial charge in [-0.3, -0.25) is 9.59 Å². The van der Waals surface area contributed by atoms with Crippen molar-refractivity contribution in [2.75, 3.05) is 20.2 Å². The summed E-state index contributed by atoms with van der Waals surface area (Å²) >= 11 is 0. The summed E-state index contributed by atoms with van der Waals surface area (Å²) < 4.78 is 7.22. The molecule has 2 aliphatic heterocycles. The fourth-order valence-corrected chi connectivity index (χ4v) is 4.67. The van der Waals surface area contributed by atoms with Crippen molar-refractivity contribution in [1.29, 1.82) is 0 Å². The van der Waals surface area contributed by atoms with Crippen LogP contribution in [-0.4, -0.2) is 42.8 Å². The predicted octanol–water partition coefficient (Wildman–Crippen LogP) is 1.66. The molecular formula is C19H28ClN3O3. The molecule has 1 aromatic rings. The molecule has 1 amide bonds. The van der Waals surface area contributed by atoms with Crippen molar-refractivity contribution in [1.82, 2.24) is 15.2 Å². The number of nitrogens with zero attached hydrogens (tertiary/aromatic N) is 1. The van der Waals surface area contributed by atoms with E-state index in [9.17, 15) is 9.59 Å². The minimum atomic E-state index is -0.227. The van der Waals surface area contributed by atoms with Crippen LogP contribution in [-0.2, 0) is 11.3 Å². The Bertz CT molecular complexity index is 712. The Hall–Kier alpha value is -1.37. The molecule has 6 nitrogen and oxygen atoms in total. The van der Waals surface area contributed by atoms with Crippen molar-refractivity contribution < 1.29 is 9.53 Å². The minimum absolute atomic E-state index is 0. The van der Waals surface area contributed by atoms with Crippen molar-refractivity contribution in [2.24, 2.45) is 5.92 Å². The summed E-state index contributed by atoms with van der Waals surface area (Å²) in [6.07, 6.45) is 5.18. The maximum Gasteiger partial charge on any atom is 0.263 e. The van der Waals surface area contributed by atoms with E-state index in [2.05, 4.69) is 10.6 Å². The van der Waals surface area contributed by atoms with Crippen LogP contribution in [0.2, 0.25) is 0 Å². The summed E-state index contributed by atoms with van der Waals surface area (Å²) in [5.41, 5.74) is 1.23. The number of carbonyl (C=O) groups is 1. The van der Waals surface area contributed by atoms with E-state index in [1.807, 2.05) is 10.6 Å². The topological polar surface area (TPSA) is 72.4 Å². The van der Waals surface area contributed by atoms with Crippen LogP contribution >= 0.6 is 12.4 Å². The first-order chi connectivity index (χ1) is 12.2. The Kier molecular flexibility index (Phi) is 6.05. The first kappa shape index (κ1) is 19.4. The number of piperidine rings is 1. The normalized spacial score (nSPS) is 30.0. The van der Waals surface area contributed by atoms with Gasteiger partial charge in [-0.1, -0.05) is 0 Å². The van der Waals surface area contributed by atoms with Crippen LogP contribution in [0.15, 0.2) is 16.9 Å². The number of ether oxygens (including phenoxy) is 1. The first-order valence-corrected chi connectivity index (χ1v) is 9.44. The number of carbonyl (C=O) groups excluding carboxylic acids is 1. The summed E-state index contributed by atoms with van der Waals surface area (Å²) in [5, 5.41) is 6.50. The predicted molar refractivity (Wildman–Crippen MR) is 102 cm³/mol. The van der Waals surface area contributed by atoms with E-state index in [4.69, 9.17) is 4.74 Å². The van der Waals surface area contributed by atoms with Crippen molar-refractivity contribution in [3.63, 3.8) is 0 Å². The van der Waals surface area contributed by atoms with E-state index in [1.54, 1.807) is 13.2 Å². The van der Waals surface area contributed by atoms with Crippen LogP contribution in [0.1, 0.15) is 54.1 Å². The van der Waals surface area contributed by atoms with E-state index in [-0.39, 0.29) is 35.5 Å². The summed E-state index contributed by atoms with van der Waals surface area (Å²) in [7, 11) is 1.74. The number of pyridine rings is 1. The molecule has 0 aromatic carbocycles. The van der Waals surface area contributed by atoms with Gasteiger partial charge in [-0.05, 0) is 56.7 Å². The zero-order valence-electron chi connectivity index (χ0n) is 15.2. The molecule has 2 bridgehead atoms. The number of nitrogens with one attached hydrogen (secondary N) is 2. The van der Waals surface area contributed by atoms with Gasteiger partial charge in [0.05, 0.1) is 6.10 Å². The van der Waals surface area contributed by atoms with Gasteiger partial charge in [-0.2, -0.15) is 0 Å². The zero-order valence-corrected chi connectivity index (χ0v) is 16.0. The Labute approximate surface area is 160 Å². The van der Waals surface area contributed by atoms with Gasteiger partial charge in [-0.15, -0.1) is 12.4 Å². The molecule has 1 saturated heterocycles. The van der Waals surface area contributed by atoms with E-state index in [0.717, 1.165) is 57.4 Å². The van der Waals surface area contributed by atoms with Crippen molar-refractivity contribution >= 4 is 18.3 Å². The SMILES string of the molecule is COC1CCC(NC(=O)c2ccc3n(c2=O)C[C@@H]2CNC[C@H]3C2)CC1.Cl. The van der Waals surface area contributed by atoms with Gasteiger partial charge in [0.2, 0.25) is 0 Å².